The van der Waals surface area contributed by atoms with Crippen LogP contribution in [0.3, 0.4) is 0 Å². The Morgan fingerprint density at radius 3 is 2.76 bits per heavy atom. The maximum absolute atomic E-state index is 5.48. The Kier molecular flexibility index (Phi) is 7.16. The zero-order valence-corrected chi connectivity index (χ0v) is 11.8. The van der Waals surface area contributed by atoms with E-state index in [9.17, 15) is 0 Å². The van der Waals surface area contributed by atoms with Gasteiger partial charge in [0.2, 0.25) is 5.88 Å². The van der Waals surface area contributed by atoms with Gasteiger partial charge >= 0.3 is 0 Å². The molecule has 0 saturated carbocycles. The van der Waals surface area contributed by atoms with Crippen LogP contribution in [0.5, 0.6) is 5.88 Å². The highest BCUT2D eigenvalue weighted by molar-refractivity contribution is 9.10. The molecule has 17 heavy (non-hydrogen) atoms. The summed E-state index contributed by atoms with van der Waals surface area (Å²) >= 11 is 3.41. The van der Waals surface area contributed by atoms with Gasteiger partial charge in [-0.1, -0.05) is 0 Å². The minimum Gasteiger partial charge on any atom is -0.474 e. The molecule has 1 heterocycles. The van der Waals surface area contributed by atoms with Crippen LogP contribution < -0.4 is 4.74 Å². The Bertz CT molecular complexity index is 334. The minimum absolute atomic E-state index is 0.502. The molecule has 4 nitrogen and oxygen atoms in total. The molecule has 0 bridgehead atoms. The molecule has 0 spiro atoms. The topological polar surface area (TPSA) is 40.6 Å². The van der Waals surface area contributed by atoms with E-state index in [1.165, 1.54) is 0 Å². The van der Waals surface area contributed by atoms with E-state index in [0.29, 0.717) is 25.7 Å². The van der Waals surface area contributed by atoms with E-state index in [0.717, 1.165) is 23.1 Å². The van der Waals surface area contributed by atoms with Crippen molar-refractivity contribution in [2.75, 3.05) is 33.5 Å². The minimum atomic E-state index is 0.502. The van der Waals surface area contributed by atoms with Crippen molar-refractivity contribution < 1.29 is 14.2 Å². The molecule has 0 aliphatic heterocycles. The van der Waals surface area contributed by atoms with Crippen LogP contribution in [0.15, 0.2) is 16.7 Å². The molecule has 5 heteroatoms. The summed E-state index contributed by atoms with van der Waals surface area (Å²) < 4.78 is 16.6. The summed E-state index contributed by atoms with van der Waals surface area (Å²) in [4.78, 5) is 4.18. The van der Waals surface area contributed by atoms with E-state index in [2.05, 4.69) is 20.9 Å². The lowest BCUT2D eigenvalue weighted by molar-refractivity contribution is 0.0793. The van der Waals surface area contributed by atoms with Crippen molar-refractivity contribution in [1.82, 2.24) is 4.98 Å². The Labute approximate surface area is 110 Å². The average Bonchev–Trinajstić information content (AvgIpc) is 2.30. The molecule has 96 valence electrons. The fraction of sp³-hybridized carbons (Fsp3) is 0.583. The van der Waals surface area contributed by atoms with Gasteiger partial charge in [0, 0.05) is 26.5 Å². The second-order valence-electron chi connectivity index (χ2n) is 3.61. The normalized spacial score (nSPS) is 10.5. The van der Waals surface area contributed by atoms with E-state index < -0.39 is 0 Å². The van der Waals surface area contributed by atoms with Gasteiger partial charge in [0.1, 0.15) is 6.61 Å². The van der Waals surface area contributed by atoms with Gasteiger partial charge in [0.05, 0.1) is 11.1 Å². The summed E-state index contributed by atoms with van der Waals surface area (Å²) in [6, 6.07) is 1.97. The molecule has 0 aromatic carbocycles. The van der Waals surface area contributed by atoms with Gasteiger partial charge in [-0.25, -0.2) is 4.98 Å². The predicted molar refractivity (Wildman–Crippen MR) is 69.5 cm³/mol. The number of pyridine rings is 1. The fourth-order valence-corrected chi connectivity index (χ4v) is 1.81. The molecule has 0 aliphatic rings. The van der Waals surface area contributed by atoms with Crippen LogP contribution in [0, 0.1) is 6.92 Å². The molecule has 0 saturated heterocycles. The predicted octanol–water partition coefficient (Wildman–Crippen LogP) is 2.58. The second-order valence-corrected chi connectivity index (χ2v) is 4.46. The summed E-state index contributed by atoms with van der Waals surface area (Å²) in [5, 5.41) is 0. The molecule has 0 atom stereocenters. The third-order valence-corrected chi connectivity index (χ3v) is 2.62. The van der Waals surface area contributed by atoms with Gasteiger partial charge in [-0.05, 0) is 40.9 Å². The van der Waals surface area contributed by atoms with Crippen LogP contribution in [0.4, 0.5) is 0 Å². The molecule has 0 unspecified atom stereocenters. The van der Waals surface area contributed by atoms with Crippen molar-refractivity contribution in [3.05, 3.63) is 22.3 Å². The SMILES string of the molecule is COCCCOCCOc1ncc(C)cc1Br. The van der Waals surface area contributed by atoms with Crippen molar-refractivity contribution in [2.45, 2.75) is 13.3 Å². The lowest BCUT2D eigenvalue weighted by Crippen LogP contribution is -2.09. The first kappa shape index (κ1) is 14.4. The number of aryl methyl sites for hydroxylation is 1. The van der Waals surface area contributed by atoms with E-state index in [4.69, 9.17) is 14.2 Å². The number of nitrogens with zero attached hydrogens (tertiary/aromatic N) is 1. The number of rotatable bonds is 8. The molecule has 0 fully saturated rings. The lowest BCUT2D eigenvalue weighted by atomic mass is 10.3. The van der Waals surface area contributed by atoms with Gasteiger partial charge in [-0.15, -0.1) is 0 Å². The van der Waals surface area contributed by atoms with Gasteiger partial charge < -0.3 is 14.2 Å². The van der Waals surface area contributed by atoms with Crippen molar-refractivity contribution >= 4 is 15.9 Å². The smallest absolute Gasteiger partial charge is 0.228 e. The molecule has 0 radical (unpaired) electrons. The molecule has 0 aliphatic carbocycles. The number of hydrogen-bond acceptors (Lipinski definition) is 4. The molecule has 0 amide bonds. The number of hydrogen-bond donors (Lipinski definition) is 0. The third-order valence-electron chi connectivity index (χ3n) is 2.05. The summed E-state index contributed by atoms with van der Waals surface area (Å²) in [6.07, 6.45) is 2.68. The monoisotopic (exact) mass is 303 g/mol. The first-order valence-electron chi connectivity index (χ1n) is 5.55. The highest BCUT2D eigenvalue weighted by Crippen LogP contribution is 2.22. The van der Waals surface area contributed by atoms with Crippen LogP contribution in [-0.4, -0.2) is 38.5 Å². The summed E-state index contributed by atoms with van der Waals surface area (Å²) in [5.74, 6) is 0.607. The quantitative estimate of drug-likeness (QED) is 0.692. The Morgan fingerprint density at radius 2 is 2.06 bits per heavy atom. The van der Waals surface area contributed by atoms with E-state index in [1.54, 1.807) is 13.3 Å². The average molecular weight is 304 g/mol. The number of ether oxygens (including phenoxy) is 3. The standard InChI is InChI=1S/C12H18BrNO3/c1-10-8-11(13)12(14-9-10)17-7-6-16-5-3-4-15-2/h8-9H,3-7H2,1-2H3. The molecule has 1 aromatic heterocycles. The second kappa shape index (κ2) is 8.44. The van der Waals surface area contributed by atoms with Crippen LogP contribution >= 0.6 is 15.9 Å². The van der Waals surface area contributed by atoms with Gasteiger partial charge in [-0.2, -0.15) is 0 Å². The fourth-order valence-electron chi connectivity index (χ4n) is 1.23. The number of halogens is 1. The van der Waals surface area contributed by atoms with Gasteiger partial charge in [-0.3, -0.25) is 0 Å². The van der Waals surface area contributed by atoms with Crippen LogP contribution in [0.2, 0.25) is 0 Å². The van der Waals surface area contributed by atoms with Gasteiger partial charge in [0.15, 0.2) is 0 Å². The molecular formula is C12H18BrNO3. The van der Waals surface area contributed by atoms with Gasteiger partial charge in [0.25, 0.3) is 0 Å². The van der Waals surface area contributed by atoms with E-state index in [1.807, 2.05) is 13.0 Å². The first-order valence-corrected chi connectivity index (χ1v) is 6.35. The van der Waals surface area contributed by atoms with E-state index in [-0.39, 0.29) is 0 Å². The molecule has 0 N–H and O–H groups in total. The summed E-state index contributed by atoms with van der Waals surface area (Å²) in [7, 11) is 1.68. The molecular weight excluding hydrogens is 286 g/mol. The van der Waals surface area contributed by atoms with Crippen LogP contribution in [-0.2, 0) is 9.47 Å². The Balaban J connectivity index is 2.14. The third kappa shape index (κ3) is 6.00. The Hall–Kier alpha value is -0.650. The molecule has 1 rings (SSSR count). The molecule has 1 aromatic rings. The number of methoxy groups -OCH3 is 1. The highest BCUT2D eigenvalue weighted by Gasteiger charge is 2.02. The highest BCUT2D eigenvalue weighted by atomic mass is 79.9. The largest absolute Gasteiger partial charge is 0.474 e. The zero-order chi connectivity index (χ0) is 12.5. The number of aromatic nitrogens is 1. The van der Waals surface area contributed by atoms with Crippen molar-refractivity contribution in [3.8, 4) is 5.88 Å². The maximum Gasteiger partial charge on any atom is 0.228 e. The van der Waals surface area contributed by atoms with E-state index >= 15 is 0 Å². The maximum atomic E-state index is 5.48. The van der Waals surface area contributed by atoms with Crippen molar-refractivity contribution in [2.24, 2.45) is 0 Å². The Morgan fingerprint density at radius 1 is 1.24 bits per heavy atom. The van der Waals surface area contributed by atoms with Crippen molar-refractivity contribution in [3.63, 3.8) is 0 Å². The summed E-state index contributed by atoms with van der Waals surface area (Å²) in [5.41, 5.74) is 1.10. The first-order chi connectivity index (χ1) is 8.24. The van der Waals surface area contributed by atoms with Crippen LogP contribution in [0.25, 0.3) is 0 Å². The van der Waals surface area contributed by atoms with Crippen molar-refractivity contribution in [1.29, 1.82) is 0 Å². The lowest BCUT2D eigenvalue weighted by Gasteiger charge is -2.08. The zero-order valence-electron chi connectivity index (χ0n) is 10.2. The van der Waals surface area contributed by atoms with Crippen LogP contribution in [0.1, 0.15) is 12.0 Å². The summed E-state index contributed by atoms with van der Waals surface area (Å²) in [6.45, 7) is 4.47.